The summed E-state index contributed by atoms with van der Waals surface area (Å²) in [6, 6.07) is 10.4. The van der Waals surface area contributed by atoms with Gasteiger partial charge in [0.25, 0.3) is 0 Å². The van der Waals surface area contributed by atoms with Crippen molar-refractivity contribution < 1.29 is 4.79 Å². The summed E-state index contributed by atoms with van der Waals surface area (Å²) in [5.41, 5.74) is 3.64. The van der Waals surface area contributed by atoms with Gasteiger partial charge in [-0.15, -0.1) is 10.2 Å². The predicted octanol–water partition coefficient (Wildman–Crippen LogP) is 2.59. The Hall–Kier alpha value is -2.96. The van der Waals surface area contributed by atoms with Crippen molar-refractivity contribution in [1.29, 1.82) is 0 Å². The van der Waals surface area contributed by atoms with E-state index in [1.54, 1.807) is 6.33 Å². The lowest BCUT2D eigenvalue weighted by atomic mass is 9.91. The van der Waals surface area contributed by atoms with Crippen LogP contribution in [-0.2, 0) is 24.3 Å². The maximum Gasteiger partial charge on any atom is 0.231 e. The summed E-state index contributed by atoms with van der Waals surface area (Å²) in [5, 5.41) is 16.1. The highest BCUT2D eigenvalue weighted by molar-refractivity contribution is 5.83. The second kappa shape index (κ2) is 7.22. The molecule has 1 amide bonds. The highest BCUT2D eigenvalue weighted by Gasteiger charge is 2.32. The summed E-state index contributed by atoms with van der Waals surface area (Å²) < 4.78 is 4.08. The highest BCUT2D eigenvalue weighted by atomic mass is 16.2. The number of carbonyl (C=O) groups is 1. The number of carbonyl (C=O) groups excluding carboxylic acids is 1. The molecule has 2 atom stereocenters. The molecule has 3 heterocycles. The number of nitrogens with one attached hydrogen (secondary N) is 1. The standard InChI is InChI=1S/C21H24N6O/c28-21(16-8-5-11-26-14-22-25-20(16)26)24-18-9-4-10-19-17(18)12-23-27(19)13-15-6-2-1-3-7-15/h1-3,6-7,12,14,16,18H,4-5,8-11,13H2,(H,24,28). The van der Waals surface area contributed by atoms with Crippen molar-refractivity contribution >= 4 is 5.91 Å². The zero-order chi connectivity index (χ0) is 18.9. The lowest BCUT2D eigenvalue weighted by Gasteiger charge is -2.27. The molecule has 2 unspecified atom stereocenters. The molecule has 0 saturated heterocycles. The van der Waals surface area contributed by atoms with Crippen molar-refractivity contribution in [3.8, 4) is 0 Å². The molecule has 0 radical (unpaired) electrons. The molecule has 7 nitrogen and oxygen atoms in total. The predicted molar refractivity (Wildman–Crippen MR) is 104 cm³/mol. The average molecular weight is 376 g/mol. The van der Waals surface area contributed by atoms with Crippen molar-refractivity contribution in [3.63, 3.8) is 0 Å². The van der Waals surface area contributed by atoms with Crippen molar-refractivity contribution in [1.82, 2.24) is 29.9 Å². The zero-order valence-electron chi connectivity index (χ0n) is 15.8. The first-order valence-electron chi connectivity index (χ1n) is 10.1. The number of aromatic nitrogens is 5. The van der Waals surface area contributed by atoms with Crippen LogP contribution in [-0.4, -0.2) is 30.5 Å². The molecule has 0 bridgehead atoms. The minimum absolute atomic E-state index is 0.0269. The minimum atomic E-state index is -0.207. The third kappa shape index (κ3) is 3.10. The van der Waals surface area contributed by atoms with Crippen LogP contribution in [0.2, 0.25) is 0 Å². The molecule has 3 aromatic rings. The second-order valence-corrected chi connectivity index (χ2v) is 7.72. The fourth-order valence-electron chi connectivity index (χ4n) is 4.48. The van der Waals surface area contributed by atoms with E-state index in [0.29, 0.717) is 0 Å². The summed E-state index contributed by atoms with van der Waals surface area (Å²) in [6.07, 6.45) is 8.49. The van der Waals surface area contributed by atoms with E-state index >= 15 is 0 Å². The zero-order valence-corrected chi connectivity index (χ0v) is 15.8. The first kappa shape index (κ1) is 17.2. The van der Waals surface area contributed by atoms with E-state index in [0.717, 1.165) is 56.6 Å². The van der Waals surface area contributed by atoms with E-state index in [2.05, 4.69) is 49.6 Å². The smallest absolute Gasteiger partial charge is 0.231 e. The Balaban J connectivity index is 1.34. The van der Waals surface area contributed by atoms with Gasteiger partial charge in [0.05, 0.1) is 24.7 Å². The summed E-state index contributed by atoms with van der Waals surface area (Å²) in [5.74, 6) is 0.642. The SMILES string of the molecule is O=C(NC1CCCc2c1cnn2Cc1ccccc1)C1CCCn2cnnc21. The monoisotopic (exact) mass is 376 g/mol. The Kier molecular flexibility index (Phi) is 4.43. The quantitative estimate of drug-likeness (QED) is 0.759. The number of hydrogen-bond acceptors (Lipinski definition) is 4. The Labute approximate surface area is 163 Å². The summed E-state index contributed by atoms with van der Waals surface area (Å²) in [4.78, 5) is 13.0. The molecule has 7 heteroatoms. The Bertz CT molecular complexity index is 976. The largest absolute Gasteiger partial charge is 0.349 e. The van der Waals surface area contributed by atoms with Crippen LogP contribution in [0.15, 0.2) is 42.9 Å². The van der Waals surface area contributed by atoms with Crippen molar-refractivity contribution in [2.24, 2.45) is 0 Å². The molecule has 0 saturated carbocycles. The van der Waals surface area contributed by atoms with Gasteiger partial charge < -0.3 is 9.88 Å². The van der Waals surface area contributed by atoms with Crippen LogP contribution in [0, 0.1) is 0 Å². The second-order valence-electron chi connectivity index (χ2n) is 7.72. The van der Waals surface area contributed by atoms with Gasteiger partial charge in [-0.3, -0.25) is 9.48 Å². The molecule has 2 aliphatic rings. The fourth-order valence-corrected chi connectivity index (χ4v) is 4.48. The third-order valence-electron chi connectivity index (χ3n) is 5.92. The van der Waals surface area contributed by atoms with Crippen LogP contribution in [0.1, 0.15) is 60.3 Å². The molecule has 28 heavy (non-hydrogen) atoms. The molecule has 0 fully saturated rings. The van der Waals surface area contributed by atoms with E-state index < -0.39 is 0 Å². The Morgan fingerprint density at radius 1 is 1.18 bits per heavy atom. The van der Waals surface area contributed by atoms with Crippen LogP contribution in [0.5, 0.6) is 0 Å². The molecule has 5 rings (SSSR count). The lowest BCUT2D eigenvalue weighted by molar-refractivity contribution is -0.124. The van der Waals surface area contributed by atoms with Gasteiger partial charge in [-0.05, 0) is 37.7 Å². The van der Waals surface area contributed by atoms with Crippen molar-refractivity contribution in [3.05, 3.63) is 65.5 Å². The number of hydrogen-bond donors (Lipinski definition) is 1. The van der Waals surface area contributed by atoms with Crippen LogP contribution in [0.4, 0.5) is 0 Å². The molecular formula is C21H24N6O. The van der Waals surface area contributed by atoms with Crippen molar-refractivity contribution in [2.75, 3.05) is 0 Å². The van der Waals surface area contributed by atoms with Crippen molar-refractivity contribution in [2.45, 2.75) is 57.2 Å². The van der Waals surface area contributed by atoms with E-state index in [-0.39, 0.29) is 17.9 Å². The van der Waals surface area contributed by atoms with E-state index in [1.165, 1.54) is 11.3 Å². The van der Waals surface area contributed by atoms with Crippen LogP contribution in [0.25, 0.3) is 0 Å². The molecule has 1 N–H and O–H groups in total. The van der Waals surface area contributed by atoms with E-state index in [1.807, 2.05) is 16.8 Å². The van der Waals surface area contributed by atoms with Gasteiger partial charge in [-0.1, -0.05) is 30.3 Å². The molecule has 0 spiro atoms. The molecule has 144 valence electrons. The number of rotatable bonds is 4. The van der Waals surface area contributed by atoms with Gasteiger partial charge in [0.1, 0.15) is 12.2 Å². The van der Waals surface area contributed by atoms with Crippen LogP contribution in [0.3, 0.4) is 0 Å². The topological polar surface area (TPSA) is 77.6 Å². The van der Waals surface area contributed by atoms with E-state index in [4.69, 9.17) is 0 Å². The van der Waals surface area contributed by atoms with Gasteiger partial charge in [0.2, 0.25) is 5.91 Å². The normalized spacial score (nSPS) is 21.0. The van der Waals surface area contributed by atoms with Gasteiger partial charge in [0, 0.05) is 17.8 Å². The summed E-state index contributed by atoms with van der Waals surface area (Å²) in [7, 11) is 0. The van der Waals surface area contributed by atoms with Crippen LogP contribution >= 0.6 is 0 Å². The van der Waals surface area contributed by atoms with Gasteiger partial charge in [0.15, 0.2) is 0 Å². The summed E-state index contributed by atoms with van der Waals surface area (Å²) in [6.45, 7) is 1.66. The van der Waals surface area contributed by atoms with Gasteiger partial charge in [-0.2, -0.15) is 5.10 Å². The summed E-state index contributed by atoms with van der Waals surface area (Å²) >= 11 is 0. The number of benzene rings is 1. The molecular weight excluding hydrogens is 352 g/mol. The fraction of sp³-hybridized carbons (Fsp3) is 0.429. The Morgan fingerprint density at radius 3 is 2.96 bits per heavy atom. The number of aryl methyl sites for hydroxylation is 1. The average Bonchev–Trinajstić information content (AvgIpc) is 3.36. The molecule has 1 aliphatic heterocycles. The third-order valence-corrected chi connectivity index (χ3v) is 5.92. The number of amides is 1. The lowest BCUT2D eigenvalue weighted by Crippen LogP contribution is -2.36. The highest BCUT2D eigenvalue weighted by Crippen LogP contribution is 2.32. The minimum Gasteiger partial charge on any atom is -0.349 e. The van der Waals surface area contributed by atoms with Gasteiger partial charge in [-0.25, -0.2) is 0 Å². The number of fused-ring (bicyclic) bond motifs is 2. The first-order chi connectivity index (χ1) is 13.8. The van der Waals surface area contributed by atoms with Gasteiger partial charge >= 0.3 is 0 Å². The maximum absolute atomic E-state index is 13.0. The van der Waals surface area contributed by atoms with E-state index in [9.17, 15) is 4.79 Å². The molecule has 1 aromatic carbocycles. The Morgan fingerprint density at radius 2 is 2.07 bits per heavy atom. The molecule has 2 aromatic heterocycles. The maximum atomic E-state index is 13.0. The first-order valence-corrected chi connectivity index (χ1v) is 10.1. The molecule has 1 aliphatic carbocycles. The number of nitrogens with zero attached hydrogens (tertiary/aromatic N) is 5. The van der Waals surface area contributed by atoms with Crippen LogP contribution < -0.4 is 5.32 Å².